The first-order valence-corrected chi connectivity index (χ1v) is 8.07. The summed E-state index contributed by atoms with van der Waals surface area (Å²) in [6.07, 6.45) is 3.90. The molecular weight excluding hydrogens is 284 g/mol. The molecule has 122 valence electrons. The van der Waals surface area contributed by atoms with Crippen molar-refractivity contribution in [2.24, 2.45) is 11.8 Å². The highest BCUT2D eigenvalue weighted by Gasteiger charge is 2.30. The third-order valence-corrected chi connectivity index (χ3v) is 4.71. The van der Waals surface area contributed by atoms with Gasteiger partial charge >= 0.3 is 5.97 Å². The normalized spacial score (nSPS) is 24.9. The van der Waals surface area contributed by atoms with Crippen molar-refractivity contribution in [2.45, 2.75) is 32.7 Å². The molecule has 0 aromatic carbocycles. The standard InChI is InChI=1S/C15H24N4O3/c1-11-16-14(22-17-11)10-19-6-5-18(7-12-3-2-4-12)8-13(9-19)15(20)21/h12-13H,2-10H2,1H3,(H,20,21). The summed E-state index contributed by atoms with van der Waals surface area (Å²) in [6, 6.07) is 0. The zero-order valence-electron chi connectivity index (χ0n) is 13.1. The maximum absolute atomic E-state index is 11.5. The minimum Gasteiger partial charge on any atom is -0.481 e. The Balaban J connectivity index is 1.61. The van der Waals surface area contributed by atoms with E-state index in [9.17, 15) is 9.90 Å². The van der Waals surface area contributed by atoms with Gasteiger partial charge in [-0.15, -0.1) is 0 Å². The molecule has 0 radical (unpaired) electrons. The van der Waals surface area contributed by atoms with Crippen LogP contribution in [0.1, 0.15) is 31.0 Å². The van der Waals surface area contributed by atoms with E-state index in [1.54, 1.807) is 6.92 Å². The van der Waals surface area contributed by atoms with Crippen LogP contribution < -0.4 is 0 Å². The minimum atomic E-state index is -0.716. The van der Waals surface area contributed by atoms with Crippen molar-refractivity contribution < 1.29 is 14.4 Å². The molecule has 7 heteroatoms. The Morgan fingerprint density at radius 3 is 2.64 bits per heavy atom. The van der Waals surface area contributed by atoms with Crippen molar-refractivity contribution in [1.29, 1.82) is 0 Å². The molecule has 1 atom stereocenters. The van der Waals surface area contributed by atoms with Crippen LogP contribution in [0.3, 0.4) is 0 Å². The lowest BCUT2D eigenvalue weighted by molar-refractivity contribution is -0.142. The molecule has 0 amide bonds. The van der Waals surface area contributed by atoms with Crippen LogP contribution in [-0.2, 0) is 11.3 Å². The van der Waals surface area contributed by atoms with E-state index in [1.165, 1.54) is 19.3 Å². The van der Waals surface area contributed by atoms with Crippen LogP contribution in [0.25, 0.3) is 0 Å². The maximum atomic E-state index is 11.5. The van der Waals surface area contributed by atoms with Crippen LogP contribution in [-0.4, -0.2) is 63.7 Å². The van der Waals surface area contributed by atoms with Crippen LogP contribution in [0.15, 0.2) is 4.52 Å². The van der Waals surface area contributed by atoms with E-state index in [-0.39, 0.29) is 5.92 Å². The van der Waals surface area contributed by atoms with Gasteiger partial charge in [-0.2, -0.15) is 4.98 Å². The highest BCUT2D eigenvalue weighted by Crippen LogP contribution is 2.27. The summed E-state index contributed by atoms with van der Waals surface area (Å²) in [5.41, 5.74) is 0. The minimum absolute atomic E-state index is 0.355. The highest BCUT2D eigenvalue weighted by molar-refractivity contribution is 5.70. The Bertz CT molecular complexity index is 515. The van der Waals surface area contributed by atoms with Crippen molar-refractivity contribution in [2.75, 3.05) is 32.7 Å². The number of nitrogens with zero attached hydrogens (tertiary/aromatic N) is 4. The summed E-state index contributed by atoms with van der Waals surface area (Å²) >= 11 is 0. The average Bonchev–Trinajstić information content (AvgIpc) is 2.71. The fourth-order valence-corrected chi connectivity index (χ4v) is 3.25. The summed E-state index contributed by atoms with van der Waals surface area (Å²) in [6.45, 7) is 6.30. The van der Waals surface area contributed by atoms with Gasteiger partial charge in [0.1, 0.15) is 0 Å². The second kappa shape index (κ2) is 6.75. The van der Waals surface area contributed by atoms with Crippen LogP contribution in [0.2, 0.25) is 0 Å². The first kappa shape index (κ1) is 15.4. The molecule has 1 aromatic heterocycles. The molecule has 1 saturated heterocycles. The number of hydrogen-bond donors (Lipinski definition) is 1. The Labute approximate surface area is 130 Å². The number of aryl methyl sites for hydroxylation is 1. The van der Waals surface area contributed by atoms with Crippen LogP contribution >= 0.6 is 0 Å². The largest absolute Gasteiger partial charge is 0.481 e. The maximum Gasteiger partial charge on any atom is 0.309 e. The summed E-state index contributed by atoms with van der Waals surface area (Å²) in [5, 5.41) is 13.3. The van der Waals surface area contributed by atoms with E-state index in [1.807, 2.05) is 0 Å². The lowest BCUT2D eigenvalue weighted by Gasteiger charge is -2.32. The van der Waals surface area contributed by atoms with E-state index in [0.717, 1.165) is 25.6 Å². The second-order valence-electron chi connectivity index (χ2n) is 6.56. The molecule has 1 saturated carbocycles. The number of carboxylic acids is 1. The lowest BCUT2D eigenvalue weighted by Crippen LogP contribution is -2.38. The van der Waals surface area contributed by atoms with Crippen LogP contribution in [0.5, 0.6) is 0 Å². The lowest BCUT2D eigenvalue weighted by atomic mass is 9.85. The monoisotopic (exact) mass is 308 g/mol. The van der Waals surface area contributed by atoms with Crippen molar-refractivity contribution >= 4 is 5.97 Å². The van der Waals surface area contributed by atoms with E-state index in [0.29, 0.717) is 31.3 Å². The molecule has 1 unspecified atom stereocenters. The molecule has 2 aliphatic rings. The highest BCUT2D eigenvalue weighted by atomic mass is 16.5. The Hall–Kier alpha value is -1.47. The number of hydrogen-bond acceptors (Lipinski definition) is 6. The second-order valence-corrected chi connectivity index (χ2v) is 6.56. The van der Waals surface area contributed by atoms with Crippen LogP contribution in [0.4, 0.5) is 0 Å². The van der Waals surface area contributed by atoms with Gasteiger partial charge in [-0.3, -0.25) is 9.69 Å². The molecule has 1 N–H and O–H groups in total. The van der Waals surface area contributed by atoms with Gasteiger partial charge < -0.3 is 14.5 Å². The molecular formula is C15H24N4O3. The topological polar surface area (TPSA) is 82.7 Å². The van der Waals surface area contributed by atoms with Crippen molar-refractivity contribution in [1.82, 2.24) is 19.9 Å². The molecule has 0 bridgehead atoms. The number of aromatic nitrogens is 2. The first-order valence-electron chi connectivity index (χ1n) is 8.07. The van der Waals surface area contributed by atoms with E-state index < -0.39 is 5.97 Å². The summed E-state index contributed by atoms with van der Waals surface area (Å²) in [4.78, 5) is 20.2. The Kier molecular flexibility index (Phi) is 4.73. The van der Waals surface area contributed by atoms with E-state index >= 15 is 0 Å². The summed E-state index contributed by atoms with van der Waals surface area (Å²) < 4.78 is 5.16. The molecule has 0 spiro atoms. The fraction of sp³-hybridized carbons (Fsp3) is 0.800. The van der Waals surface area contributed by atoms with Gasteiger partial charge in [-0.1, -0.05) is 11.6 Å². The number of aliphatic carboxylic acids is 1. The first-order chi connectivity index (χ1) is 10.6. The van der Waals surface area contributed by atoms with E-state index in [2.05, 4.69) is 19.9 Å². The molecule has 1 aliphatic heterocycles. The zero-order chi connectivity index (χ0) is 15.5. The fourth-order valence-electron chi connectivity index (χ4n) is 3.25. The Morgan fingerprint density at radius 2 is 2.05 bits per heavy atom. The third-order valence-electron chi connectivity index (χ3n) is 4.71. The van der Waals surface area contributed by atoms with Crippen molar-refractivity contribution in [3.8, 4) is 0 Å². The molecule has 2 heterocycles. The van der Waals surface area contributed by atoms with Gasteiger partial charge in [0.05, 0.1) is 12.5 Å². The smallest absolute Gasteiger partial charge is 0.309 e. The summed E-state index contributed by atoms with van der Waals surface area (Å²) in [5.74, 6) is 0.874. The molecule has 22 heavy (non-hydrogen) atoms. The predicted molar refractivity (Wildman–Crippen MR) is 79.2 cm³/mol. The van der Waals surface area contributed by atoms with Crippen molar-refractivity contribution in [3.63, 3.8) is 0 Å². The predicted octanol–water partition coefficient (Wildman–Crippen LogP) is 0.997. The quantitative estimate of drug-likeness (QED) is 0.868. The van der Waals surface area contributed by atoms with Gasteiger partial charge in [-0.25, -0.2) is 0 Å². The molecule has 7 nitrogen and oxygen atoms in total. The SMILES string of the molecule is Cc1noc(CN2CCN(CC3CCC3)CC(C(=O)O)C2)n1. The number of carboxylic acid groups (broad SMARTS) is 1. The molecule has 2 fully saturated rings. The molecule has 3 rings (SSSR count). The Morgan fingerprint density at radius 1 is 1.32 bits per heavy atom. The number of carbonyl (C=O) groups is 1. The number of rotatable bonds is 5. The average molecular weight is 308 g/mol. The van der Waals surface area contributed by atoms with Crippen LogP contribution in [0, 0.1) is 18.8 Å². The van der Waals surface area contributed by atoms with Gasteiger partial charge in [0.2, 0.25) is 5.89 Å². The van der Waals surface area contributed by atoms with Gasteiger partial charge in [0, 0.05) is 32.7 Å². The molecule has 1 aliphatic carbocycles. The van der Waals surface area contributed by atoms with Gasteiger partial charge in [-0.05, 0) is 25.7 Å². The van der Waals surface area contributed by atoms with E-state index in [4.69, 9.17) is 4.52 Å². The van der Waals surface area contributed by atoms with Gasteiger partial charge in [0.25, 0.3) is 0 Å². The van der Waals surface area contributed by atoms with Crippen molar-refractivity contribution in [3.05, 3.63) is 11.7 Å². The van der Waals surface area contributed by atoms with Gasteiger partial charge in [0.15, 0.2) is 5.82 Å². The molecule has 1 aromatic rings. The summed E-state index contributed by atoms with van der Waals surface area (Å²) in [7, 11) is 0. The third kappa shape index (κ3) is 3.84. The zero-order valence-corrected chi connectivity index (χ0v) is 13.1.